The first kappa shape index (κ1) is 30.8. The van der Waals surface area contributed by atoms with Crippen LogP contribution < -0.4 is 10.6 Å². The number of anilines is 1. The molecular formula is C27H35F3N4O4. The summed E-state index contributed by atoms with van der Waals surface area (Å²) >= 11 is 0. The van der Waals surface area contributed by atoms with Crippen molar-refractivity contribution in [3.8, 4) is 0 Å². The summed E-state index contributed by atoms with van der Waals surface area (Å²) in [5, 5.41) is 15.6. The highest BCUT2D eigenvalue weighted by Gasteiger charge is 2.40. The Hall–Kier alpha value is -3.47. The predicted molar refractivity (Wildman–Crippen MR) is 136 cm³/mol. The van der Waals surface area contributed by atoms with Gasteiger partial charge in [-0.15, -0.1) is 0 Å². The summed E-state index contributed by atoms with van der Waals surface area (Å²) in [6.45, 7) is 5.18. The fourth-order valence-corrected chi connectivity index (χ4v) is 4.14. The number of rotatable bonds is 13. The van der Waals surface area contributed by atoms with Gasteiger partial charge in [0.2, 0.25) is 18.2 Å². The summed E-state index contributed by atoms with van der Waals surface area (Å²) in [6.07, 6.45) is -4.03. The number of hydrogen-bond donors (Lipinski definition) is 3. The maximum Gasteiger partial charge on any atom is 0.389 e. The van der Waals surface area contributed by atoms with E-state index in [1.54, 1.807) is 39.0 Å². The standard InChI is InChI=1S/C27H35F3N4O4/c1-26(2,3)23(25(37)32-22-14-7-8-17-31-22)33-24(36)20(13-9-12-19-10-5-4-6-11-19)21(34(38)18-35)15-16-27(28,29)30/h4-8,10-11,14,17-18,20-21,23,38H,9,12-13,15-16H2,1-3H3,(H,33,36)(H,31,32,37)/t20-,21-,23+/m0/s1. The summed E-state index contributed by atoms with van der Waals surface area (Å²) in [6, 6.07) is 11.7. The molecule has 3 atom stereocenters. The molecule has 0 unspecified atom stereocenters. The van der Waals surface area contributed by atoms with E-state index in [9.17, 15) is 32.8 Å². The molecule has 11 heteroatoms. The smallest absolute Gasteiger partial charge is 0.343 e. The van der Waals surface area contributed by atoms with Crippen LogP contribution in [0.2, 0.25) is 0 Å². The van der Waals surface area contributed by atoms with E-state index in [2.05, 4.69) is 15.6 Å². The minimum absolute atomic E-state index is 0.00641. The van der Waals surface area contributed by atoms with Gasteiger partial charge in [-0.25, -0.2) is 10.0 Å². The first-order valence-electron chi connectivity index (χ1n) is 12.4. The molecule has 2 rings (SSSR count). The number of nitrogens with zero attached hydrogens (tertiary/aromatic N) is 2. The van der Waals surface area contributed by atoms with E-state index in [1.807, 2.05) is 30.3 Å². The average molecular weight is 537 g/mol. The summed E-state index contributed by atoms with van der Waals surface area (Å²) < 4.78 is 39.2. The van der Waals surface area contributed by atoms with Crippen molar-refractivity contribution in [3.05, 3.63) is 60.3 Å². The van der Waals surface area contributed by atoms with Crippen molar-refractivity contribution in [3.63, 3.8) is 0 Å². The molecular weight excluding hydrogens is 501 g/mol. The summed E-state index contributed by atoms with van der Waals surface area (Å²) in [5.74, 6) is -2.23. The molecule has 2 aromatic rings. The maximum atomic E-state index is 13.5. The lowest BCUT2D eigenvalue weighted by molar-refractivity contribution is -0.178. The van der Waals surface area contributed by atoms with Gasteiger partial charge in [0, 0.05) is 12.6 Å². The van der Waals surface area contributed by atoms with Gasteiger partial charge in [0.15, 0.2) is 0 Å². The lowest BCUT2D eigenvalue weighted by Crippen LogP contribution is -2.55. The molecule has 0 saturated carbocycles. The van der Waals surface area contributed by atoms with Crippen LogP contribution in [0.1, 0.15) is 52.0 Å². The second kappa shape index (κ2) is 13.9. The minimum Gasteiger partial charge on any atom is -0.343 e. The molecule has 1 heterocycles. The number of carbonyl (C=O) groups excluding carboxylic acids is 3. The zero-order valence-corrected chi connectivity index (χ0v) is 21.7. The van der Waals surface area contributed by atoms with Gasteiger partial charge in [-0.3, -0.25) is 19.6 Å². The van der Waals surface area contributed by atoms with Crippen molar-refractivity contribution >= 4 is 24.0 Å². The molecule has 0 aliphatic rings. The van der Waals surface area contributed by atoms with Gasteiger partial charge in [0.1, 0.15) is 11.9 Å². The van der Waals surface area contributed by atoms with Crippen LogP contribution in [-0.2, 0) is 20.8 Å². The van der Waals surface area contributed by atoms with Crippen LogP contribution in [0, 0.1) is 11.3 Å². The first-order chi connectivity index (χ1) is 17.8. The molecule has 0 aliphatic heterocycles. The van der Waals surface area contributed by atoms with Crippen LogP contribution in [0.25, 0.3) is 0 Å². The monoisotopic (exact) mass is 536 g/mol. The molecule has 3 amide bonds. The number of alkyl halides is 3. The number of aromatic nitrogens is 1. The van der Waals surface area contributed by atoms with E-state index >= 15 is 0 Å². The third-order valence-electron chi connectivity index (χ3n) is 6.13. The van der Waals surface area contributed by atoms with E-state index in [1.165, 1.54) is 6.20 Å². The number of carbonyl (C=O) groups is 3. The summed E-state index contributed by atoms with van der Waals surface area (Å²) in [7, 11) is 0. The molecule has 0 saturated heterocycles. The Balaban J connectivity index is 2.29. The highest BCUT2D eigenvalue weighted by atomic mass is 19.4. The van der Waals surface area contributed by atoms with Crippen LogP contribution in [0.15, 0.2) is 54.7 Å². The lowest BCUT2D eigenvalue weighted by atomic mass is 9.84. The Labute approximate surface area is 220 Å². The second-order valence-corrected chi connectivity index (χ2v) is 10.2. The van der Waals surface area contributed by atoms with Crippen molar-refractivity contribution in [2.45, 2.75) is 71.1 Å². The third-order valence-corrected chi connectivity index (χ3v) is 6.13. The van der Waals surface area contributed by atoms with Gasteiger partial charge in [0.05, 0.1) is 12.0 Å². The molecule has 0 fully saturated rings. The molecule has 0 aliphatic carbocycles. The normalized spacial score (nSPS) is 14.2. The fraction of sp³-hybridized carbons (Fsp3) is 0.481. The van der Waals surface area contributed by atoms with Crippen LogP contribution in [0.3, 0.4) is 0 Å². The van der Waals surface area contributed by atoms with E-state index in [4.69, 9.17) is 0 Å². The van der Waals surface area contributed by atoms with Gasteiger partial charge in [0.25, 0.3) is 0 Å². The summed E-state index contributed by atoms with van der Waals surface area (Å²) in [5.41, 5.74) is 0.186. The molecule has 8 nitrogen and oxygen atoms in total. The molecule has 0 bridgehead atoms. The number of hydrogen-bond acceptors (Lipinski definition) is 5. The second-order valence-electron chi connectivity index (χ2n) is 10.2. The van der Waals surface area contributed by atoms with Gasteiger partial charge < -0.3 is 10.6 Å². The van der Waals surface area contributed by atoms with Crippen molar-refractivity contribution in [1.29, 1.82) is 0 Å². The highest BCUT2D eigenvalue weighted by Crippen LogP contribution is 2.29. The topological polar surface area (TPSA) is 112 Å². The minimum atomic E-state index is -4.55. The quantitative estimate of drug-likeness (QED) is 0.194. The maximum absolute atomic E-state index is 13.5. The van der Waals surface area contributed by atoms with Crippen molar-refractivity contribution in [2.75, 3.05) is 5.32 Å². The van der Waals surface area contributed by atoms with Gasteiger partial charge in [-0.2, -0.15) is 13.2 Å². The largest absolute Gasteiger partial charge is 0.389 e. The van der Waals surface area contributed by atoms with E-state index in [0.29, 0.717) is 12.8 Å². The van der Waals surface area contributed by atoms with Crippen LogP contribution in [-0.4, -0.2) is 51.7 Å². The zero-order chi connectivity index (χ0) is 28.3. The Kier molecular flexibility index (Phi) is 11.2. The fourth-order valence-electron chi connectivity index (χ4n) is 4.14. The average Bonchev–Trinajstić information content (AvgIpc) is 2.85. The molecule has 208 valence electrons. The number of benzene rings is 1. The number of nitrogens with one attached hydrogen (secondary N) is 2. The third kappa shape index (κ3) is 10.1. The Morgan fingerprint density at radius 1 is 1.03 bits per heavy atom. The zero-order valence-electron chi connectivity index (χ0n) is 21.7. The van der Waals surface area contributed by atoms with E-state index in [-0.39, 0.29) is 23.7 Å². The molecule has 0 radical (unpaired) electrons. The predicted octanol–water partition coefficient (Wildman–Crippen LogP) is 4.75. The van der Waals surface area contributed by atoms with Gasteiger partial charge >= 0.3 is 6.18 Å². The number of amides is 3. The molecule has 1 aromatic heterocycles. The van der Waals surface area contributed by atoms with Crippen LogP contribution in [0.4, 0.5) is 19.0 Å². The van der Waals surface area contributed by atoms with Gasteiger partial charge in [-0.1, -0.05) is 57.2 Å². The van der Waals surface area contributed by atoms with Crippen LogP contribution in [0.5, 0.6) is 0 Å². The molecule has 38 heavy (non-hydrogen) atoms. The van der Waals surface area contributed by atoms with Gasteiger partial charge in [-0.05, 0) is 48.8 Å². The molecule has 1 aromatic carbocycles. The summed E-state index contributed by atoms with van der Waals surface area (Å²) in [4.78, 5) is 42.1. The number of aryl methyl sites for hydroxylation is 1. The highest BCUT2D eigenvalue weighted by molar-refractivity contribution is 5.97. The van der Waals surface area contributed by atoms with Crippen molar-refractivity contribution in [2.24, 2.45) is 11.3 Å². The SMILES string of the molecule is CC(C)(C)[C@H](NC(=O)[C@@H](CCCc1ccccc1)[C@H](CCC(F)(F)F)N(O)C=O)C(=O)Nc1ccccn1. The number of halogens is 3. The Bertz CT molecular complexity index is 1030. The van der Waals surface area contributed by atoms with Crippen molar-refractivity contribution < 1.29 is 32.8 Å². The van der Waals surface area contributed by atoms with Crippen LogP contribution >= 0.6 is 0 Å². The molecule has 3 N–H and O–H groups in total. The van der Waals surface area contributed by atoms with Crippen molar-refractivity contribution in [1.82, 2.24) is 15.4 Å². The Morgan fingerprint density at radius 3 is 2.24 bits per heavy atom. The first-order valence-corrected chi connectivity index (χ1v) is 12.4. The Morgan fingerprint density at radius 2 is 1.68 bits per heavy atom. The lowest BCUT2D eigenvalue weighted by Gasteiger charge is -2.35. The number of pyridine rings is 1. The van der Waals surface area contributed by atoms with E-state index in [0.717, 1.165) is 5.56 Å². The van der Waals surface area contributed by atoms with E-state index < -0.39 is 54.2 Å². The number of hydroxylamine groups is 2. The molecule has 0 spiro atoms.